The number of nitrogens with zero attached hydrogens (tertiary/aromatic N) is 2. The third-order valence-electron chi connectivity index (χ3n) is 4.21. The van der Waals surface area contributed by atoms with Crippen LogP contribution in [0.1, 0.15) is 30.1 Å². The summed E-state index contributed by atoms with van der Waals surface area (Å²) in [7, 11) is 0. The molecule has 0 amide bonds. The van der Waals surface area contributed by atoms with Crippen LogP contribution in [0.15, 0.2) is 30.6 Å². The van der Waals surface area contributed by atoms with Crippen LogP contribution in [0.2, 0.25) is 0 Å². The van der Waals surface area contributed by atoms with Crippen molar-refractivity contribution < 1.29 is 21.7 Å². The predicted octanol–water partition coefficient (Wildman–Crippen LogP) is 4.96. The zero-order chi connectivity index (χ0) is 20.4. The molecule has 1 aromatic carbocycles. The molecule has 3 rings (SSSR count). The highest BCUT2D eigenvalue weighted by molar-refractivity contribution is 7.74. The number of rotatable bonds is 7. The van der Waals surface area contributed by atoms with Gasteiger partial charge in [-0.25, -0.2) is 13.8 Å². The third kappa shape index (κ3) is 4.65. The molecule has 3 aromatic rings. The van der Waals surface area contributed by atoms with E-state index >= 15 is 0 Å². The maximum Gasteiger partial charge on any atom is 0.358 e. The summed E-state index contributed by atoms with van der Waals surface area (Å²) in [5.41, 5.74) is 0.578. The van der Waals surface area contributed by atoms with E-state index in [1.54, 1.807) is 30.0 Å². The number of thiophene rings is 1. The SMILES string of the molecule is Cc1nccn1Cc1c(F)cc(-c2cc(CC(C)C)sc2OS(=O)O)cc1F. The number of aromatic nitrogens is 2. The first-order chi connectivity index (χ1) is 13.2. The Morgan fingerprint density at radius 2 is 1.96 bits per heavy atom. The summed E-state index contributed by atoms with van der Waals surface area (Å²) in [4.78, 5) is 4.96. The highest BCUT2D eigenvalue weighted by Gasteiger charge is 2.19. The minimum absolute atomic E-state index is 0.0238. The van der Waals surface area contributed by atoms with E-state index in [0.29, 0.717) is 17.3 Å². The van der Waals surface area contributed by atoms with Gasteiger partial charge in [-0.05, 0) is 43.0 Å². The fourth-order valence-corrected chi connectivity index (χ4v) is 4.55. The first kappa shape index (κ1) is 20.6. The number of aryl methyl sites for hydroxylation is 1. The van der Waals surface area contributed by atoms with Crippen molar-refractivity contribution >= 4 is 22.7 Å². The van der Waals surface area contributed by atoms with Gasteiger partial charge in [-0.3, -0.25) is 4.55 Å². The first-order valence-electron chi connectivity index (χ1n) is 8.62. The molecule has 2 aromatic heterocycles. The molecule has 2 heterocycles. The molecular formula is C19H20F2N2O3S2. The van der Waals surface area contributed by atoms with E-state index in [-0.39, 0.29) is 22.7 Å². The van der Waals surface area contributed by atoms with Gasteiger partial charge in [0.1, 0.15) is 17.5 Å². The highest BCUT2D eigenvalue weighted by atomic mass is 32.2. The molecule has 9 heteroatoms. The van der Waals surface area contributed by atoms with Crippen molar-refractivity contribution in [3.8, 4) is 16.2 Å². The fraction of sp³-hybridized carbons (Fsp3) is 0.316. The topological polar surface area (TPSA) is 64.4 Å². The fourth-order valence-electron chi connectivity index (χ4n) is 2.90. The average Bonchev–Trinajstić information content (AvgIpc) is 3.16. The first-order valence-corrected chi connectivity index (χ1v) is 10.5. The second-order valence-electron chi connectivity index (χ2n) is 6.83. The van der Waals surface area contributed by atoms with Gasteiger partial charge in [0.05, 0.1) is 6.54 Å². The van der Waals surface area contributed by atoms with Gasteiger partial charge in [0, 0.05) is 28.4 Å². The molecule has 0 saturated carbocycles. The smallest absolute Gasteiger partial charge is 0.358 e. The van der Waals surface area contributed by atoms with Crippen molar-refractivity contribution in [2.75, 3.05) is 0 Å². The molecule has 0 saturated heterocycles. The molecule has 28 heavy (non-hydrogen) atoms. The lowest BCUT2D eigenvalue weighted by atomic mass is 10.0. The number of hydrogen-bond donors (Lipinski definition) is 1. The van der Waals surface area contributed by atoms with Gasteiger partial charge in [0.15, 0.2) is 0 Å². The zero-order valence-corrected chi connectivity index (χ0v) is 17.2. The summed E-state index contributed by atoms with van der Waals surface area (Å²) < 4.78 is 56.2. The molecule has 1 atom stereocenters. The Bertz CT molecular complexity index is 992. The van der Waals surface area contributed by atoms with Gasteiger partial charge in [-0.15, -0.1) is 11.3 Å². The standard InChI is InChI=1S/C19H20F2N2O3S2/c1-11(2)6-14-9-15(19(27-14)26-28(24)25)13-7-17(20)16(18(21)8-13)10-23-5-4-22-12(23)3/h4-5,7-9,11H,6,10H2,1-3H3,(H,24,25). The van der Waals surface area contributed by atoms with Crippen LogP contribution in [0.5, 0.6) is 5.06 Å². The second-order valence-corrected chi connectivity index (χ2v) is 8.53. The Morgan fingerprint density at radius 3 is 2.50 bits per heavy atom. The van der Waals surface area contributed by atoms with E-state index in [2.05, 4.69) is 4.98 Å². The molecule has 5 nitrogen and oxygen atoms in total. The Kier molecular flexibility index (Phi) is 6.26. The van der Waals surface area contributed by atoms with Crippen molar-refractivity contribution in [2.45, 2.75) is 33.7 Å². The van der Waals surface area contributed by atoms with E-state index in [1.807, 2.05) is 13.8 Å². The number of benzene rings is 1. The molecule has 0 fully saturated rings. The Labute approximate surface area is 168 Å². The second kappa shape index (κ2) is 8.50. The largest absolute Gasteiger partial charge is 0.368 e. The average molecular weight is 427 g/mol. The van der Waals surface area contributed by atoms with Crippen molar-refractivity contribution in [2.24, 2.45) is 5.92 Å². The summed E-state index contributed by atoms with van der Waals surface area (Å²) in [5, 5.41) is 0.161. The van der Waals surface area contributed by atoms with E-state index in [0.717, 1.165) is 11.3 Å². The lowest BCUT2D eigenvalue weighted by molar-refractivity contribution is 0.464. The van der Waals surface area contributed by atoms with Crippen molar-refractivity contribution in [1.82, 2.24) is 9.55 Å². The van der Waals surface area contributed by atoms with Crippen LogP contribution in [0.4, 0.5) is 8.78 Å². The molecule has 1 N–H and O–H groups in total. The monoisotopic (exact) mass is 426 g/mol. The van der Waals surface area contributed by atoms with Crippen LogP contribution in [0.3, 0.4) is 0 Å². The number of hydrogen-bond acceptors (Lipinski definition) is 4. The van der Waals surface area contributed by atoms with Gasteiger partial charge >= 0.3 is 11.4 Å². The molecular weight excluding hydrogens is 406 g/mol. The van der Waals surface area contributed by atoms with Gasteiger partial charge < -0.3 is 8.75 Å². The zero-order valence-electron chi connectivity index (χ0n) is 15.6. The molecule has 0 radical (unpaired) electrons. The summed E-state index contributed by atoms with van der Waals surface area (Å²) in [6.07, 6.45) is 3.95. The third-order valence-corrected chi connectivity index (χ3v) is 5.66. The van der Waals surface area contributed by atoms with Gasteiger partial charge in [-0.1, -0.05) is 13.8 Å². The van der Waals surface area contributed by atoms with Crippen LogP contribution in [-0.4, -0.2) is 18.3 Å². The maximum atomic E-state index is 14.7. The van der Waals surface area contributed by atoms with E-state index < -0.39 is 23.0 Å². The van der Waals surface area contributed by atoms with Crippen LogP contribution in [0.25, 0.3) is 11.1 Å². The summed E-state index contributed by atoms with van der Waals surface area (Å²) in [6.45, 7) is 5.85. The van der Waals surface area contributed by atoms with Crippen molar-refractivity contribution in [1.29, 1.82) is 0 Å². The van der Waals surface area contributed by atoms with Crippen LogP contribution >= 0.6 is 11.3 Å². The minimum atomic E-state index is -2.53. The molecule has 0 bridgehead atoms. The van der Waals surface area contributed by atoms with Gasteiger partial charge in [0.2, 0.25) is 5.06 Å². The lowest BCUT2D eigenvalue weighted by Crippen LogP contribution is -2.06. The quantitative estimate of drug-likeness (QED) is 0.543. The van der Waals surface area contributed by atoms with E-state index in [4.69, 9.17) is 8.74 Å². The molecule has 0 aliphatic heterocycles. The molecule has 0 aliphatic rings. The Morgan fingerprint density at radius 1 is 1.29 bits per heavy atom. The van der Waals surface area contributed by atoms with Crippen molar-refractivity contribution in [3.05, 3.63) is 58.5 Å². The van der Waals surface area contributed by atoms with E-state index in [9.17, 15) is 13.0 Å². The maximum absolute atomic E-state index is 14.7. The Balaban J connectivity index is 2.00. The summed E-state index contributed by atoms with van der Waals surface area (Å²) in [5.74, 6) is -0.389. The lowest BCUT2D eigenvalue weighted by Gasteiger charge is -2.10. The minimum Gasteiger partial charge on any atom is -0.368 e. The number of halogens is 2. The summed E-state index contributed by atoms with van der Waals surface area (Å²) in [6, 6.07) is 4.19. The van der Waals surface area contributed by atoms with Crippen LogP contribution in [0, 0.1) is 24.5 Å². The Hall–Kier alpha value is -2.10. The van der Waals surface area contributed by atoms with Crippen LogP contribution in [-0.2, 0) is 24.3 Å². The molecule has 0 spiro atoms. The van der Waals surface area contributed by atoms with Gasteiger partial charge in [-0.2, -0.15) is 4.21 Å². The van der Waals surface area contributed by atoms with Crippen molar-refractivity contribution in [3.63, 3.8) is 0 Å². The molecule has 1 unspecified atom stereocenters. The normalized spacial score (nSPS) is 12.5. The van der Waals surface area contributed by atoms with Gasteiger partial charge in [0.25, 0.3) is 0 Å². The summed E-state index contributed by atoms with van der Waals surface area (Å²) >= 11 is -1.33. The molecule has 0 aliphatic carbocycles. The van der Waals surface area contributed by atoms with E-state index in [1.165, 1.54) is 23.5 Å². The predicted molar refractivity (Wildman–Crippen MR) is 106 cm³/mol. The highest BCUT2D eigenvalue weighted by Crippen LogP contribution is 2.40. The van der Waals surface area contributed by atoms with Crippen LogP contribution < -0.4 is 4.18 Å². The molecule has 150 valence electrons. The number of imidazole rings is 1.